The predicted molar refractivity (Wildman–Crippen MR) is 90.1 cm³/mol. The van der Waals surface area contributed by atoms with Crippen LogP contribution in [0.3, 0.4) is 0 Å². The Morgan fingerprint density at radius 2 is 1.83 bits per heavy atom. The summed E-state index contributed by atoms with van der Waals surface area (Å²) in [4.78, 5) is 16.7. The number of hydrogen-bond donors (Lipinski definition) is 0. The number of fused-ring (bicyclic) bond motifs is 1. The van der Waals surface area contributed by atoms with Gasteiger partial charge in [-0.2, -0.15) is 0 Å². The van der Waals surface area contributed by atoms with Crippen molar-refractivity contribution in [2.24, 2.45) is 7.05 Å². The SMILES string of the molecule is Cn1ccnc1-c1ccc2c(=O)cc(-c3ccccc3)oc2c1. The fourth-order valence-electron chi connectivity index (χ4n) is 2.68. The van der Waals surface area contributed by atoms with Gasteiger partial charge in [0, 0.05) is 36.6 Å². The molecule has 4 heteroatoms. The molecular weight excluding hydrogens is 288 g/mol. The molecular formula is C19H14N2O2. The minimum absolute atomic E-state index is 0.0449. The molecule has 112 valence electrons. The molecule has 2 aromatic carbocycles. The highest BCUT2D eigenvalue weighted by atomic mass is 16.3. The van der Waals surface area contributed by atoms with Gasteiger partial charge in [-0.1, -0.05) is 36.4 Å². The van der Waals surface area contributed by atoms with E-state index >= 15 is 0 Å². The summed E-state index contributed by atoms with van der Waals surface area (Å²) in [6.07, 6.45) is 3.63. The Balaban J connectivity index is 1.94. The lowest BCUT2D eigenvalue weighted by atomic mass is 10.1. The van der Waals surface area contributed by atoms with Crippen molar-refractivity contribution in [3.63, 3.8) is 0 Å². The monoisotopic (exact) mass is 302 g/mol. The third-order valence-corrected chi connectivity index (χ3v) is 3.87. The van der Waals surface area contributed by atoms with Crippen molar-refractivity contribution >= 4 is 11.0 Å². The quantitative estimate of drug-likeness (QED) is 0.565. The Kier molecular flexibility index (Phi) is 3.08. The van der Waals surface area contributed by atoms with Crippen LogP contribution >= 0.6 is 0 Å². The maximum atomic E-state index is 12.4. The van der Waals surface area contributed by atoms with Gasteiger partial charge in [0.15, 0.2) is 5.43 Å². The molecule has 0 atom stereocenters. The molecule has 4 aromatic rings. The van der Waals surface area contributed by atoms with E-state index in [9.17, 15) is 4.79 Å². The van der Waals surface area contributed by atoms with E-state index in [1.807, 2.05) is 60.3 Å². The smallest absolute Gasteiger partial charge is 0.193 e. The first-order chi connectivity index (χ1) is 11.2. The van der Waals surface area contributed by atoms with Crippen LogP contribution in [0.2, 0.25) is 0 Å². The largest absolute Gasteiger partial charge is 0.456 e. The lowest BCUT2D eigenvalue weighted by molar-refractivity contribution is 0.619. The molecule has 2 aromatic heterocycles. The summed E-state index contributed by atoms with van der Waals surface area (Å²) in [6, 6.07) is 16.7. The van der Waals surface area contributed by atoms with Crippen LogP contribution in [0.5, 0.6) is 0 Å². The number of nitrogens with zero attached hydrogens (tertiary/aromatic N) is 2. The van der Waals surface area contributed by atoms with Crippen molar-refractivity contribution in [1.82, 2.24) is 9.55 Å². The molecule has 0 bridgehead atoms. The third-order valence-electron chi connectivity index (χ3n) is 3.87. The zero-order valence-corrected chi connectivity index (χ0v) is 12.6. The van der Waals surface area contributed by atoms with E-state index in [-0.39, 0.29) is 5.43 Å². The average molecular weight is 302 g/mol. The van der Waals surface area contributed by atoms with Crippen molar-refractivity contribution in [3.05, 3.63) is 77.2 Å². The average Bonchev–Trinajstić information content (AvgIpc) is 3.01. The zero-order chi connectivity index (χ0) is 15.8. The van der Waals surface area contributed by atoms with Gasteiger partial charge in [-0.25, -0.2) is 4.98 Å². The fraction of sp³-hybridized carbons (Fsp3) is 0.0526. The van der Waals surface area contributed by atoms with E-state index in [1.54, 1.807) is 12.3 Å². The Labute approximate surface area is 132 Å². The summed E-state index contributed by atoms with van der Waals surface area (Å²) in [5.41, 5.74) is 2.32. The second kappa shape index (κ2) is 5.25. The van der Waals surface area contributed by atoms with E-state index in [1.165, 1.54) is 6.07 Å². The lowest BCUT2D eigenvalue weighted by Gasteiger charge is -2.06. The highest BCUT2D eigenvalue weighted by molar-refractivity contribution is 5.83. The molecule has 0 saturated carbocycles. The van der Waals surface area contributed by atoms with Crippen LogP contribution in [0.4, 0.5) is 0 Å². The molecule has 0 unspecified atom stereocenters. The van der Waals surface area contributed by atoms with Crippen LogP contribution < -0.4 is 5.43 Å². The summed E-state index contributed by atoms with van der Waals surface area (Å²) >= 11 is 0. The minimum atomic E-state index is -0.0449. The minimum Gasteiger partial charge on any atom is -0.456 e. The van der Waals surface area contributed by atoms with E-state index in [4.69, 9.17) is 4.42 Å². The Hall–Kier alpha value is -3.14. The first kappa shape index (κ1) is 13.5. The van der Waals surface area contributed by atoms with E-state index in [0.29, 0.717) is 16.7 Å². The molecule has 23 heavy (non-hydrogen) atoms. The van der Waals surface area contributed by atoms with E-state index in [2.05, 4.69) is 4.98 Å². The first-order valence-electron chi connectivity index (χ1n) is 7.33. The van der Waals surface area contributed by atoms with Crippen molar-refractivity contribution in [2.45, 2.75) is 0 Å². The Bertz CT molecular complexity index is 1050. The predicted octanol–water partition coefficient (Wildman–Crippen LogP) is 3.86. The van der Waals surface area contributed by atoms with Crippen molar-refractivity contribution in [3.8, 4) is 22.7 Å². The van der Waals surface area contributed by atoms with E-state index in [0.717, 1.165) is 17.0 Å². The molecule has 4 nitrogen and oxygen atoms in total. The van der Waals surface area contributed by atoms with Crippen LogP contribution in [0.25, 0.3) is 33.7 Å². The Morgan fingerprint density at radius 3 is 2.57 bits per heavy atom. The number of benzene rings is 2. The van der Waals surface area contributed by atoms with Crippen molar-refractivity contribution in [2.75, 3.05) is 0 Å². The van der Waals surface area contributed by atoms with E-state index < -0.39 is 0 Å². The normalized spacial score (nSPS) is 11.0. The first-order valence-corrected chi connectivity index (χ1v) is 7.33. The molecule has 0 saturated heterocycles. The summed E-state index contributed by atoms with van der Waals surface area (Å²) in [5, 5.41) is 0.572. The van der Waals surface area contributed by atoms with Crippen LogP contribution in [0.1, 0.15) is 0 Å². The highest BCUT2D eigenvalue weighted by Gasteiger charge is 2.10. The standard InChI is InChI=1S/C19H14N2O2/c1-21-10-9-20-19(21)14-7-8-15-16(22)12-17(23-18(15)11-14)13-5-3-2-4-6-13/h2-12H,1H3. The highest BCUT2D eigenvalue weighted by Crippen LogP contribution is 2.25. The molecule has 0 spiro atoms. The molecule has 4 rings (SSSR count). The Morgan fingerprint density at radius 1 is 1.00 bits per heavy atom. The molecule has 0 aliphatic carbocycles. The second-order valence-electron chi connectivity index (χ2n) is 5.41. The molecule has 0 fully saturated rings. The molecule has 0 amide bonds. The number of aryl methyl sites for hydroxylation is 1. The number of hydrogen-bond acceptors (Lipinski definition) is 3. The van der Waals surface area contributed by atoms with Gasteiger partial charge in [0.05, 0.1) is 5.39 Å². The summed E-state index contributed by atoms with van der Waals surface area (Å²) in [6.45, 7) is 0. The lowest BCUT2D eigenvalue weighted by Crippen LogP contribution is -2.01. The van der Waals surface area contributed by atoms with Crippen LogP contribution in [0.15, 0.2) is 76.2 Å². The third kappa shape index (κ3) is 2.34. The molecule has 0 aliphatic heterocycles. The molecule has 0 radical (unpaired) electrons. The number of aromatic nitrogens is 2. The molecule has 0 aliphatic rings. The molecule has 2 heterocycles. The summed E-state index contributed by atoms with van der Waals surface area (Å²) in [7, 11) is 1.93. The van der Waals surface area contributed by atoms with Crippen LogP contribution in [0, 0.1) is 0 Å². The van der Waals surface area contributed by atoms with Gasteiger partial charge in [0.2, 0.25) is 0 Å². The van der Waals surface area contributed by atoms with Gasteiger partial charge >= 0.3 is 0 Å². The van der Waals surface area contributed by atoms with Gasteiger partial charge in [-0.15, -0.1) is 0 Å². The van der Waals surface area contributed by atoms with Crippen molar-refractivity contribution < 1.29 is 4.42 Å². The van der Waals surface area contributed by atoms with Gasteiger partial charge in [-0.3, -0.25) is 4.79 Å². The van der Waals surface area contributed by atoms with Crippen LogP contribution in [-0.2, 0) is 7.05 Å². The van der Waals surface area contributed by atoms with Gasteiger partial charge in [0.25, 0.3) is 0 Å². The maximum Gasteiger partial charge on any atom is 0.193 e. The number of imidazole rings is 1. The summed E-state index contributed by atoms with van der Waals surface area (Å²) < 4.78 is 7.90. The van der Waals surface area contributed by atoms with Crippen LogP contribution in [-0.4, -0.2) is 9.55 Å². The zero-order valence-electron chi connectivity index (χ0n) is 12.6. The van der Waals surface area contributed by atoms with Gasteiger partial charge in [-0.05, 0) is 12.1 Å². The second-order valence-corrected chi connectivity index (χ2v) is 5.41. The van der Waals surface area contributed by atoms with Gasteiger partial charge in [0.1, 0.15) is 17.2 Å². The maximum absolute atomic E-state index is 12.4. The number of rotatable bonds is 2. The fourth-order valence-corrected chi connectivity index (χ4v) is 2.68. The van der Waals surface area contributed by atoms with Crippen molar-refractivity contribution in [1.29, 1.82) is 0 Å². The molecule has 0 N–H and O–H groups in total. The topological polar surface area (TPSA) is 48.0 Å². The summed E-state index contributed by atoms with van der Waals surface area (Å²) in [5.74, 6) is 1.40. The van der Waals surface area contributed by atoms with Gasteiger partial charge < -0.3 is 8.98 Å².